The number of anilines is 2. The minimum atomic E-state index is -3.70. The number of nitrogens with zero attached hydrogens (tertiary/aromatic N) is 1. The topological polar surface area (TPSA) is 84.9 Å². The van der Waals surface area contributed by atoms with Crippen LogP contribution in [-0.2, 0) is 14.8 Å². The zero-order valence-electron chi connectivity index (χ0n) is 17.4. The van der Waals surface area contributed by atoms with Gasteiger partial charge in [0.05, 0.1) is 25.2 Å². The van der Waals surface area contributed by atoms with Crippen molar-refractivity contribution in [3.8, 4) is 11.5 Å². The van der Waals surface area contributed by atoms with E-state index in [-0.39, 0.29) is 6.10 Å². The number of carbonyl (C=O) groups is 1. The molecule has 0 aliphatic heterocycles. The first-order valence-electron chi connectivity index (χ1n) is 9.36. The van der Waals surface area contributed by atoms with E-state index in [2.05, 4.69) is 5.32 Å². The molecule has 1 amide bonds. The van der Waals surface area contributed by atoms with Gasteiger partial charge in [-0.1, -0.05) is 13.0 Å². The van der Waals surface area contributed by atoms with E-state index < -0.39 is 22.0 Å². The molecule has 1 N–H and O–H groups in total. The molecule has 0 saturated heterocycles. The van der Waals surface area contributed by atoms with Gasteiger partial charge in [0.25, 0.3) is 0 Å². The maximum Gasteiger partial charge on any atom is 0.248 e. The lowest BCUT2D eigenvalue weighted by Gasteiger charge is -2.30. The number of sulfonamides is 1. The Hall–Kier alpha value is -2.74. The molecule has 0 aromatic heterocycles. The zero-order chi connectivity index (χ0) is 21.6. The van der Waals surface area contributed by atoms with E-state index in [9.17, 15) is 13.2 Å². The lowest BCUT2D eigenvalue weighted by atomic mass is 10.1. The van der Waals surface area contributed by atoms with E-state index >= 15 is 0 Å². The highest BCUT2D eigenvalue weighted by atomic mass is 32.2. The molecule has 0 bridgehead atoms. The van der Waals surface area contributed by atoms with Gasteiger partial charge in [0.2, 0.25) is 15.9 Å². The van der Waals surface area contributed by atoms with Crippen molar-refractivity contribution in [3.63, 3.8) is 0 Å². The van der Waals surface area contributed by atoms with E-state index in [0.29, 0.717) is 29.3 Å². The summed E-state index contributed by atoms with van der Waals surface area (Å²) in [6.45, 7) is 5.60. The third kappa shape index (κ3) is 6.12. The summed E-state index contributed by atoms with van der Waals surface area (Å²) in [7, 11) is -2.17. The SMILES string of the molecule is CCC(C(=O)Nc1cccc(OC(C)C)c1)N(c1ccc(OC)cc1)S(C)(=O)=O. The normalized spacial score (nSPS) is 12.3. The highest BCUT2D eigenvalue weighted by Gasteiger charge is 2.31. The monoisotopic (exact) mass is 420 g/mol. The van der Waals surface area contributed by atoms with Crippen LogP contribution in [0, 0.1) is 0 Å². The van der Waals surface area contributed by atoms with Crippen molar-refractivity contribution >= 4 is 27.3 Å². The van der Waals surface area contributed by atoms with Crippen molar-refractivity contribution in [2.75, 3.05) is 23.0 Å². The molecule has 158 valence electrons. The van der Waals surface area contributed by atoms with Gasteiger partial charge < -0.3 is 14.8 Å². The van der Waals surface area contributed by atoms with Gasteiger partial charge in [-0.2, -0.15) is 0 Å². The van der Waals surface area contributed by atoms with E-state index in [0.717, 1.165) is 10.6 Å². The number of hydrogen-bond acceptors (Lipinski definition) is 5. The van der Waals surface area contributed by atoms with Crippen LogP contribution in [0.3, 0.4) is 0 Å². The molecule has 2 aromatic rings. The summed E-state index contributed by atoms with van der Waals surface area (Å²) < 4.78 is 36.9. The number of carbonyl (C=O) groups excluding carboxylic acids is 1. The lowest BCUT2D eigenvalue weighted by Crippen LogP contribution is -2.47. The van der Waals surface area contributed by atoms with Crippen LogP contribution in [0.1, 0.15) is 27.2 Å². The zero-order valence-corrected chi connectivity index (χ0v) is 18.2. The first-order chi connectivity index (χ1) is 13.7. The maximum atomic E-state index is 13.0. The van der Waals surface area contributed by atoms with Gasteiger partial charge in [-0.25, -0.2) is 8.42 Å². The molecule has 8 heteroatoms. The van der Waals surface area contributed by atoms with Crippen LogP contribution in [0.2, 0.25) is 0 Å². The fourth-order valence-corrected chi connectivity index (χ4v) is 4.15. The van der Waals surface area contributed by atoms with Crippen molar-refractivity contribution in [2.24, 2.45) is 0 Å². The summed E-state index contributed by atoms with van der Waals surface area (Å²) in [5.74, 6) is 0.804. The summed E-state index contributed by atoms with van der Waals surface area (Å²) in [4.78, 5) is 13.0. The van der Waals surface area contributed by atoms with Crippen molar-refractivity contribution in [1.29, 1.82) is 0 Å². The smallest absolute Gasteiger partial charge is 0.248 e. The Morgan fingerprint density at radius 3 is 2.28 bits per heavy atom. The number of rotatable bonds is 9. The maximum absolute atomic E-state index is 13.0. The van der Waals surface area contributed by atoms with Crippen molar-refractivity contribution < 1.29 is 22.7 Å². The number of hydrogen-bond donors (Lipinski definition) is 1. The van der Waals surface area contributed by atoms with Gasteiger partial charge >= 0.3 is 0 Å². The molecule has 1 atom stereocenters. The van der Waals surface area contributed by atoms with Gasteiger partial charge in [0.1, 0.15) is 17.5 Å². The average molecular weight is 421 g/mol. The van der Waals surface area contributed by atoms with E-state index in [4.69, 9.17) is 9.47 Å². The molecule has 2 aromatic carbocycles. The Kier molecular flexibility index (Phi) is 7.50. The van der Waals surface area contributed by atoms with Crippen LogP contribution in [-0.4, -0.2) is 39.8 Å². The predicted molar refractivity (Wildman–Crippen MR) is 115 cm³/mol. The molecule has 1 unspecified atom stereocenters. The van der Waals surface area contributed by atoms with Crippen molar-refractivity contribution in [3.05, 3.63) is 48.5 Å². The molecule has 0 aliphatic carbocycles. The van der Waals surface area contributed by atoms with Crippen LogP contribution >= 0.6 is 0 Å². The van der Waals surface area contributed by atoms with Gasteiger partial charge in [0, 0.05) is 11.8 Å². The van der Waals surface area contributed by atoms with Crippen LogP contribution in [0.4, 0.5) is 11.4 Å². The second-order valence-corrected chi connectivity index (χ2v) is 8.72. The van der Waals surface area contributed by atoms with Crippen LogP contribution in [0.25, 0.3) is 0 Å². The third-order valence-electron chi connectivity index (χ3n) is 4.13. The van der Waals surface area contributed by atoms with Crippen LogP contribution < -0.4 is 19.1 Å². The molecular weight excluding hydrogens is 392 g/mol. The van der Waals surface area contributed by atoms with E-state index in [1.54, 1.807) is 55.5 Å². The van der Waals surface area contributed by atoms with Crippen molar-refractivity contribution in [1.82, 2.24) is 0 Å². The fraction of sp³-hybridized carbons (Fsp3) is 0.381. The Morgan fingerprint density at radius 1 is 1.10 bits per heavy atom. The third-order valence-corrected chi connectivity index (χ3v) is 5.31. The fourth-order valence-electron chi connectivity index (χ4n) is 2.93. The molecule has 7 nitrogen and oxygen atoms in total. The Balaban J connectivity index is 2.31. The van der Waals surface area contributed by atoms with Crippen LogP contribution in [0.15, 0.2) is 48.5 Å². The molecule has 2 rings (SSSR count). The van der Waals surface area contributed by atoms with E-state index in [1.165, 1.54) is 7.11 Å². The highest BCUT2D eigenvalue weighted by Crippen LogP contribution is 2.26. The molecule has 0 heterocycles. The highest BCUT2D eigenvalue weighted by molar-refractivity contribution is 7.92. The molecular formula is C21H28N2O5S. The van der Waals surface area contributed by atoms with Gasteiger partial charge in [0.15, 0.2) is 0 Å². The largest absolute Gasteiger partial charge is 0.497 e. The molecule has 0 saturated carbocycles. The van der Waals surface area contributed by atoms with Crippen LogP contribution in [0.5, 0.6) is 11.5 Å². The average Bonchev–Trinajstić information content (AvgIpc) is 2.64. The van der Waals surface area contributed by atoms with Crippen molar-refractivity contribution in [2.45, 2.75) is 39.3 Å². The summed E-state index contributed by atoms with van der Waals surface area (Å²) in [5, 5.41) is 2.80. The molecule has 0 aliphatic rings. The second kappa shape index (κ2) is 9.65. The summed E-state index contributed by atoms with van der Waals surface area (Å²) in [6, 6.07) is 12.7. The summed E-state index contributed by atoms with van der Waals surface area (Å²) >= 11 is 0. The second-order valence-electron chi connectivity index (χ2n) is 6.86. The molecule has 0 spiro atoms. The minimum Gasteiger partial charge on any atom is -0.497 e. The number of amides is 1. The molecule has 0 fully saturated rings. The number of benzene rings is 2. The summed E-state index contributed by atoms with van der Waals surface area (Å²) in [5.41, 5.74) is 0.932. The number of nitrogens with one attached hydrogen (secondary N) is 1. The first-order valence-corrected chi connectivity index (χ1v) is 11.2. The number of ether oxygens (including phenoxy) is 2. The standard InChI is InChI=1S/C21H28N2O5S/c1-6-20(21(24)22-16-8-7-9-19(14-16)28-15(2)3)23(29(5,25)26)17-10-12-18(27-4)13-11-17/h7-15,20H,6H2,1-5H3,(H,22,24). The number of methoxy groups -OCH3 is 1. The quantitative estimate of drug-likeness (QED) is 0.669. The molecule has 0 radical (unpaired) electrons. The van der Waals surface area contributed by atoms with Gasteiger partial charge in [-0.05, 0) is 56.7 Å². The lowest BCUT2D eigenvalue weighted by molar-refractivity contribution is -0.117. The minimum absolute atomic E-state index is 0.000129. The van der Waals surface area contributed by atoms with Gasteiger partial charge in [-0.3, -0.25) is 9.10 Å². The first kappa shape index (κ1) is 22.5. The Labute approximate surface area is 172 Å². The Morgan fingerprint density at radius 2 is 1.76 bits per heavy atom. The van der Waals surface area contributed by atoms with E-state index in [1.807, 2.05) is 13.8 Å². The Bertz CT molecular complexity index is 926. The predicted octanol–water partition coefficient (Wildman–Crippen LogP) is 3.67. The van der Waals surface area contributed by atoms with Gasteiger partial charge in [-0.15, -0.1) is 0 Å². The summed E-state index contributed by atoms with van der Waals surface area (Å²) in [6.07, 6.45) is 1.39. The molecule has 29 heavy (non-hydrogen) atoms.